The quantitative estimate of drug-likeness (QED) is 0.906. The molecule has 116 valence electrons. The topological polar surface area (TPSA) is 38.3 Å². The molecule has 0 aliphatic heterocycles. The van der Waals surface area contributed by atoms with Crippen LogP contribution in [0.3, 0.4) is 0 Å². The van der Waals surface area contributed by atoms with E-state index in [0.29, 0.717) is 11.6 Å². The fourth-order valence-electron chi connectivity index (χ4n) is 2.42. The first-order valence-corrected chi connectivity index (χ1v) is 7.56. The molecule has 0 saturated heterocycles. The van der Waals surface area contributed by atoms with Crippen molar-refractivity contribution < 1.29 is 9.53 Å². The summed E-state index contributed by atoms with van der Waals surface area (Å²) in [6.45, 7) is 6.40. The van der Waals surface area contributed by atoms with Crippen molar-refractivity contribution in [2.75, 3.05) is 6.61 Å². The van der Waals surface area contributed by atoms with Gasteiger partial charge in [0.15, 0.2) is 6.61 Å². The molecule has 0 bridgehead atoms. The predicted octanol–water partition coefficient (Wildman–Crippen LogP) is 3.96. The van der Waals surface area contributed by atoms with Gasteiger partial charge >= 0.3 is 0 Å². The molecule has 0 unspecified atom stereocenters. The molecule has 3 nitrogen and oxygen atoms in total. The van der Waals surface area contributed by atoms with Crippen LogP contribution in [0.4, 0.5) is 0 Å². The van der Waals surface area contributed by atoms with E-state index in [2.05, 4.69) is 5.32 Å². The van der Waals surface area contributed by atoms with E-state index in [1.54, 1.807) is 6.07 Å². The van der Waals surface area contributed by atoms with Gasteiger partial charge in [-0.2, -0.15) is 0 Å². The number of carbonyl (C=O) groups excluding carboxylic acids is 1. The van der Waals surface area contributed by atoms with Crippen LogP contribution in [0.25, 0.3) is 0 Å². The summed E-state index contributed by atoms with van der Waals surface area (Å²) in [5, 5.41) is 3.46. The van der Waals surface area contributed by atoms with Crippen molar-refractivity contribution in [1.82, 2.24) is 5.32 Å². The zero-order valence-electron chi connectivity index (χ0n) is 13.1. The summed E-state index contributed by atoms with van der Waals surface area (Å²) in [7, 11) is 0. The van der Waals surface area contributed by atoms with E-state index in [9.17, 15) is 4.79 Å². The van der Waals surface area contributed by atoms with Crippen LogP contribution in [0, 0.1) is 20.8 Å². The molecule has 2 aromatic carbocycles. The predicted molar refractivity (Wildman–Crippen MR) is 89.4 cm³/mol. The van der Waals surface area contributed by atoms with Gasteiger partial charge in [-0.15, -0.1) is 0 Å². The Morgan fingerprint density at radius 2 is 1.77 bits per heavy atom. The van der Waals surface area contributed by atoms with Crippen LogP contribution in [-0.4, -0.2) is 12.5 Å². The Balaban J connectivity index is 1.90. The normalized spacial score (nSPS) is 10.4. The maximum Gasteiger partial charge on any atom is 0.258 e. The molecule has 0 aromatic heterocycles. The first kappa shape index (κ1) is 16.4. The molecule has 0 saturated carbocycles. The third-order valence-electron chi connectivity index (χ3n) is 3.39. The Hall–Kier alpha value is -2.00. The molecular formula is C18H20ClNO2. The van der Waals surface area contributed by atoms with Gasteiger partial charge in [0.1, 0.15) is 5.75 Å². The molecule has 4 heteroatoms. The van der Waals surface area contributed by atoms with Gasteiger partial charge in [-0.3, -0.25) is 4.79 Å². The van der Waals surface area contributed by atoms with Crippen molar-refractivity contribution in [3.8, 4) is 5.75 Å². The second-order valence-corrected chi connectivity index (χ2v) is 5.79. The van der Waals surface area contributed by atoms with Crippen LogP contribution in [0.5, 0.6) is 5.75 Å². The number of amides is 1. The Bertz CT molecular complexity index is 660. The molecule has 2 rings (SSSR count). The fraction of sp³-hybridized carbons (Fsp3) is 0.278. The zero-order valence-corrected chi connectivity index (χ0v) is 13.8. The number of hydrogen-bond acceptors (Lipinski definition) is 2. The van der Waals surface area contributed by atoms with Crippen molar-refractivity contribution in [2.45, 2.75) is 27.3 Å². The van der Waals surface area contributed by atoms with Crippen molar-refractivity contribution in [3.05, 3.63) is 63.7 Å². The second kappa shape index (κ2) is 7.32. The molecule has 0 fully saturated rings. The second-order valence-electron chi connectivity index (χ2n) is 5.38. The van der Waals surface area contributed by atoms with Crippen LogP contribution in [-0.2, 0) is 11.3 Å². The number of benzene rings is 2. The minimum Gasteiger partial charge on any atom is -0.483 e. The SMILES string of the molecule is Cc1cc(C)c(OCC(=O)NCc2ccccc2Cl)c(C)c1. The molecule has 1 N–H and O–H groups in total. The molecule has 0 atom stereocenters. The lowest BCUT2D eigenvalue weighted by atomic mass is 10.1. The lowest BCUT2D eigenvalue weighted by molar-refractivity contribution is -0.123. The number of ether oxygens (including phenoxy) is 1. The highest BCUT2D eigenvalue weighted by Crippen LogP contribution is 2.24. The summed E-state index contributed by atoms with van der Waals surface area (Å²) >= 11 is 6.05. The smallest absolute Gasteiger partial charge is 0.258 e. The van der Waals surface area contributed by atoms with Gasteiger partial charge in [0, 0.05) is 11.6 Å². The number of aryl methyl sites for hydroxylation is 3. The molecular weight excluding hydrogens is 298 g/mol. The van der Waals surface area contributed by atoms with E-state index in [-0.39, 0.29) is 12.5 Å². The summed E-state index contributed by atoms with van der Waals surface area (Å²) in [5.74, 6) is 0.609. The highest BCUT2D eigenvalue weighted by atomic mass is 35.5. The van der Waals surface area contributed by atoms with Gasteiger partial charge in [0.05, 0.1) is 0 Å². The van der Waals surface area contributed by atoms with Crippen molar-refractivity contribution in [3.63, 3.8) is 0 Å². The molecule has 1 amide bonds. The highest BCUT2D eigenvalue weighted by Gasteiger charge is 2.09. The number of hydrogen-bond donors (Lipinski definition) is 1. The van der Waals surface area contributed by atoms with Crippen LogP contribution in [0.1, 0.15) is 22.3 Å². The average molecular weight is 318 g/mol. The number of nitrogens with one attached hydrogen (secondary N) is 1. The van der Waals surface area contributed by atoms with E-state index in [1.165, 1.54) is 5.56 Å². The first-order chi connectivity index (χ1) is 10.5. The van der Waals surface area contributed by atoms with Gasteiger partial charge in [-0.25, -0.2) is 0 Å². The minimum absolute atomic E-state index is 0.00477. The van der Waals surface area contributed by atoms with E-state index in [0.717, 1.165) is 22.4 Å². The molecule has 0 radical (unpaired) electrons. The third kappa shape index (κ3) is 4.25. The van der Waals surface area contributed by atoms with Gasteiger partial charge in [0.2, 0.25) is 0 Å². The lowest BCUT2D eigenvalue weighted by Gasteiger charge is -2.13. The maximum absolute atomic E-state index is 11.9. The van der Waals surface area contributed by atoms with Gasteiger partial charge in [-0.1, -0.05) is 47.5 Å². The molecule has 0 spiro atoms. The summed E-state index contributed by atoms with van der Waals surface area (Å²) in [4.78, 5) is 11.9. The van der Waals surface area contributed by atoms with Gasteiger partial charge in [-0.05, 0) is 43.5 Å². The molecule has 0 aliphatic rings. The summed E-state index contributed by atoms with van der Waals surface area (Å²) in [6, 6.07) is 11.5. The molecule has 0 aliphatic carbocycles. The molecule has 2 aromatic rings. The van der Waals surface area contributed by atoms with Crippen LogP contribution in [0.2, 0.25) is 5.02 Å². The minimum atomic E-state index is -0.167. The summed E-state index contributed by atoms with van der Waals surface area (Å²) in [6.07, 6.45) is 0. The maximum atomic E-state index is 11.9. The van der Waals surface area contributed by atoms with Crippen LogP contribution < -0.4 is 10.1 Å². The van der Waals surface area contributed by atoms with E-state index >= 15 is 0 Å². The van der Waals surface area contributed by atoms with Crippen LogP contribution >= 0.6 is 11.6 Å². The van der Waals surface area contributed by atoms with Gasteiger partial charge < -0.3 is 10.1 Å². The lowest BCUT2D eigenvalue weighted by Crippen LogP contribution is -2.28. The Labute approximate surface area is 136 Å². The molecule has 0 heterocycles. The Kier molecular flexibility index (Phi) is 5.45. The van der Waals surface area contributed by atoms with E-state index in [1.807, 2.05) is 51.1 Å². The average Bonchev–Trinajstić information content (AvgIpc) is 2.45. The fourth-order valence-corrected chi connectivity index (χ4v) is 2.62. The first-order valence-electron chi connectivity index (χ1n) is 7.18. The van der Waals surface area contributed by atoms with E-state index in [4.69, 9.17) is 16.3 Å². The summed E-state index contributed by atoms with van der Waals surface area (Å²) in [5.41, 5.74) is 4.15. The zero-order chi connectivity index (χ0) is 16.1. The third-order valence-corrected chi connectivity index (χ3v) is 3.75. The largest absolute Gasteiger partial charge is 0.483 e. The standard InChI is InChI=1S/C18H20ClNO2/c1-12-8-13(2)18(14(3)9-12)22-11-17(21)20-10-15-6-4-5-7-16(15)19/h4-9H,10-11H2,1-3H3,(H,20,21). The number of halogens is 1. The summed E-state index contributed by atoms with van der Waals surface area (Å²) < 4.78 is 5.66. The Morgan fingerprint density at radius 3 is 2.41 bits per heavy atom. The van der Waals surface area contributed by atoms with Crippen molar-refractivity contribution in [2.24, 2.45) is 0 Å². The highest BCUT2D eigenvalue weighted by molar-refractivity contribution is 6.31. The van der Waals surface area contributed by atoms with Crippen molar-refractivity contribution in [1.29, 1.82) is 0 Å². The Morgan fingerprint density at radius 1 is 1.14 bits per heavy atom. The number of rotatable bonds is 5. The molecule has 22 heavy (non-hydrogen) atoms. The number of carbonyl (C=O) groups is 1. The monoisotopic (exact) mass is 317 g/mol. The van der Waals surface area contributed by atoms with Crippen LogP contribution in [0.15, 0.2) is 36.4 Å². The van der Waals surface area contributed by atoms with Gasteiger partial charge in [0.25, 0.3) is 5.91 Å². The van der Waals surface area contributed by atoms with Crippen molar-refractivity contribution >= 4 is 17.5 Å². The van der Waals surface area contributed by atoms with E-state index < -0.39 is 0 Å².